The number of ether oxygens (including phenoxy) is 1. The smallest absolute Gasteiger partial charge is 0.409 e. The van der Waals surface area contributed by atoms with Crippen LogP contribution in [-0.2, 0) is 9.53 Å². The highest BCUT2D eigenvalue weighted by Crippen LogP contribution is 2.34. The number of aromatic nitrogens is 1. The molecule has 2 aromatic rings. The van der Waals surface area contributed by atoms with Crippen LogP contribution in [0.3, 0.4) is 0 Å². The molecule has 0 aliphatic carbocycles. The van der Waals surface area contributed by atoms with Gasteiger partial charge in [0.05, 0.1) is 18.2 Å². The number of piperidine rings is 1. The number of hydrogen-bond acceptors (Lipinski definition) is 6. The summed E-state index contributed by atoms with van der Waals surface area (Å²) in [7, 11) is 1.55. The Balaban J connectivity index is 1.40. The zero-order chi connectivity index (χ0) is 28.9. The molecule has 3 heterocycles. The summed E-state index contributed by atoms with van der Waals surface area (Å²) >= 11 is 6.07. The molecule has 1 aromatic carbocycles. The first-order chi connectivity index (χ1) is 19.1. The molecule has 8 nitrogen and oxygen atoms in total. The fourth-order valence-electron chi connectivity index (χ4n) is 5.32. The highest BCUT2D eigenvalue weighted by Gasteiger charge is 2.42. The van der Waals surface area contributed by atoms with Gasteiger partial charge in [-0.3, -0.25) is 4.79 Å². The second-order valence-electron chi connectivity index (χ2n) is 10.2. The van der Waals surface area contributed by atoms with E-state index in [1.807, 2.05) is 12.1 Å². The van der Waals surface area contributed by atoms with Crippen molar-refractivity contribution in [1.82, 2.24) is 14.8 Å². The number of rotatable bonds is 7. The van der Waals surface area contributed by atoms with Crippen LogP contribution in [0.5, 0.6) is 0 Å². The van der Waals surface area contributed by atoms with Crippen molar-refractivity contribution in [2.75, 3.05) is 44.7 Å². The number of likely N-dealkylation sites (N-methyl/N-ethyl adjacent to an activating group) is 1. The van der Waals surface area contributed by atoms with E-state index in [9.17, 15) is 22.8 Å². The van der Waals surface area contributed by atoms with E-state index in [4.69, 9.17) is 21.6 Å². The van der Waals surface area contributed by atoms with Crippen LogP contribution in [0.25, 0.3) is 0 Å². The largest absolute Gasteiger partial charge is 0.449 e. The number of carbonyl (C=O) groups excluding carboxylic acids is 2. The maximum Gasteiger partial charge on any atom is 0.409 e. The second kappa shape index (κ2) is 12.8. The zero-order valence-corrected chi connectivity index (χ0v) is 22.9. The van der Waals surface area contributed by atoms with Crippen LogP contribution in [0.1, 0.15) is 42.7 Å². The first-order valence-corrected chi connectivity index (χ1v) is 13.5. The lowest BCUT2D eigenvalue weighted by molar-refractivity contribution is -0.137. The van der Waals surface area contributed by atoms with Gasteiger partial charge in [0.1, 0.15) is 11.9 Å². The minimum atomic E-state index is -4.31. The van der Waals surface area contributed by atoms with E-state index in [1.54, 1.807) is 36.2 Å². The lowest BCUT2D eigenvalue weighted by Gasteiger charge is -2.34. The van der Waals surface area contributed by atoms with E-state index < -0.39 is 24.7 Å². The van der Waals surface area contributed by atoms with E-state index >= 15 is 0 Å². The number of hydrogen-bond donors (Lipinski definition) is 0. The minimum Gasteiger partial charge on any atom is -0.449 e. The van der Waals surface area contributed by atoms with Gasteiger partial charge in [0.25, 0.3) is 0 Å². The van der Waals surface area contributed by atoms with E-state index in [-0.39, 0.29) is 37.3 Å². The number of nitrogens with zero attached hydrogens (tertiary/aromatic N) is 5. The van der Waals surface area contributed by atoms with Crippen molar-refractivity contribution < 1.29 is 27.5 Å². The molecule has 2 aliphatic rings. The Kier molecular flexibility index (Phi) is 9.40. The van der Waals surface area contributed by atoms with Crippen LogP contribution in [-0.4, -0.2) is 78.8 Å². The summed E-state index contributed by atoms with van der Waals surface area (Å²) < 4.78 is 42.5. The van der Waals surface area contributed by atoms with Crippen molar-refractivity contribution in [3.8, 4) is 6.07 Å². The van der Waals surface area contributed by atoms with Gasteiger partial charge in [0.15, 0.2) is 0 Å². The Morgan fingerprint density at radius 3 is 2.45 bits per heavy atom. The lowest BCUT2D eigenvalue weighted by Crippen LogP contribution is -2.44. The van der Waals surface area contributed by atoms with Gasteiger partial charge in [-0.2, -0.15) is 18.4 Å². The van der Waals surface area contributed by atoms with Gasteiger partial charge in [-0.1, -0.05) is 23.7 Å². The molecule has 0 N–H and O–H groups in total. The number of amides is 2. The molecular weight excluding hydrogens is 547 g/mol. The predicted molar refractivity (Wildman–Crippen MR) is 143 cm³/mol. The zero-order valence-electron chi connectivity index (χ0n) is 22.1. The van der Waals surface area contributed by atoms with E-state index in [1.165, 1.54) is 11.1 Å². The van der Waals surface area contributed by atoms with Gasteiger partial charge in [-0.15, -0.1) is 0 Å². The number of pyridine rings is 1. The SMILES string of the molecule is CN(C(=O)OCCCC(F)(F)F)[C@H]1CN(C(=O)C2CCN(c3ccc(C#N)cn3)CC2)C[C@@H]1c1ccc(Cl)cc1. The molecule has 2 atom stereocenters. The van der Waals surface area contributed by atoms with E-state index in [0.717, 1.165) is 11.4 Å². The monoisotopic (exact) mass is 577 g/mol. The van der Waals surface area contributed by atoms with Crippen LogP contribution < -0.4 is 4.90 Å². The van der Waals surface area contributed by atoms with Crippen molar-refractivity contribution in [1.29, 1.82) is 5.26 Å². The summed E-state index contributed by atoms with van der Waals surface area (Å²) in [5, 5.41) is 9.54. The number of likely N-dealkylation sites (tertiary alicyclic amines) is 1. The third-order valence-corrected chi connectivity index (χ3v) is 7.81. The number of carbonyl (C=O) groups is 2. The second-order valence-corrected chi connectivity index (χ2v) is 10.6. The Labute approximate surface area is 236 Å². The molecule has 0 spiro atoms. The predicted octanol–water partition coefficient (Wildman–Crippen LogP) is 5.23. The molecule has 0 saturated carbocycles. The van der Waals surface area contributed by atoms with Gasteiger partial charge in [0, 0.05) is 62.7 Å². The topological polar surface area (TPSA) is 89.8 Å². The van der Waals surface area contributed by atoms with Crippen molar-refractivity contribution in [3.63, 3.8) is 0 Å². The van der Waals surface area contributed by atoms with Crippen molar-refractivity contribution in [2.24, 2.45) is 5.92 Å². The van der Waals surface area contributed by atoms with Crippen molar-refractivity contribution >= 4 is 29.4 Å². The average Bonchev–Trinajstić information content (AvgIpc) is 3.40. The number of alkyl halides is 3. The van der Waals surface area contributed by atoms with Gasteiger partial charge < -0.3 is 19.4 Å². The number of anilines is 1. The number of nitriles is 1. The van der Waals surface area contributed by atoms with Crippen LogP contribution in [0.4, 0.5) is 23.8 Å². The first kappa shape index (κ1) is 29.5. The maximum absolute atomic E-state index is 13.6. The summed E-state index contributed by atoms with van der Waals surface area (Å²) in [6.45, 7) is 1.65. The van der Waals surface area contributed by atoms with Crippen LogP contribution in [0.2, 0.25) is 5.02 Å². The maximum atomic E-state index is 13.6. The highest BCUT2D eigenvalue weighted by atomic mass is 35.5. The summed E-state index contributed by atoms with van der Waals surface area (Å²) in [6, 6.07) is 12.4. The highest BCUT2D eigenvalue weighted by molar-refractivity contribution is 6.30. The van der Waals surface area contributed by atoms with Crippen LogP contribution in [0, 0.1) is 17.2 Å². The lowest BCUT2D eigenvalue weighted by atomic mass is 9.93. The molecular formula is C28H31ClF3N5O3. The summed E-state index contributed by atoms with van der Waals surface area (Å²) in [6.07, 6.45) is -3.54. The molecule has 4 rings (SSSR count). The first-order valence-electron chi connectivity index (χ1n) is 13.2. The molecule has 1 aromatic heterocycles. The fraction of sp³-hybridized carbons (Fsp3) is 0.500. The quantitative estimate of drug-likeness (QED) is 0.419. The van der Waals surface area contributed by atoms with Crippen molar-refractivity contribution in [2.45, 2.75) is 43.8 Å². The van der Waals surface area contributed by atoms with Crippen LogP contribution >= 0.6 is 11.6 Å². The molecule has 0 radical (unpaired) electrons. The molecule has 2 fully saturated rings. The third-order valence-electron chi connectivity index (χ3n) is 7.56. The van der Waals surface area contributed by atoms with Gasteiger partial charge >= 0.3 is 12.3 Å². The fourth-order valence-corrected chi connectivity index (χ4v) is 5.44. The van der Waals surface area contributed by atoms with E-state index in [0.29, 0.717) is 43.1 Å². The van der Waals surface area contributed by atoms with Crippen LogP contribution in [0.15, 0.2) is 42.6 Å². The summed E-state index contributed by atoms with van der Waals surface area (Å²) in [5.74, 6) is 0.390. The Morgan fingerprint density at radius 1 is 1.15 bits per heavy atom. The molecule has 2 aliphatic heterocycles. The number of halogens is 4. The molecule has 214 valence electrons. The van der Waals surface area contributed by atoms with Crippen molar-refractivity contribution in [3.05, 3.63) is 58.7 Å². The third kappa shape index (κ3) is 7.36. The minimum absolute atomic E-state index is 0.0147. The number of benzene rings is 1. The van der Waals surface area contributed by atoms with Gasteiger partial charge in [-0.05, 0) is 49.1 Å². The summed E-state index contributed by atoms with van der Waals surface area (Å²) in [4.78, 5) is 35.9. The van der Waals surface area contributed by atoms with E-state index in [2.05, 4.69) is 16.0 Å². The molecule has 0 unspecified atom stereocenters. The normalized spacial score (nSPS) is 19.8. The molecule has 0 bridgehead atoms. The Morgan fingerprint density at radius 2 is 1.85 bits per heavy atom. The summed E-state index contributed by atoms with van der Waals surface area (Å²) in [5.41, 5.74) is 1.39. The molecule has 12 heteroatoms. The molecule has 2 amide bonds. The van der Waals surface area contributed by atoms with Gasteiger partial charge in [-0.25, -0.2) is 9.78 Å². The molecule has 2 saturated heterocycles. The average molecular weight is 578 g/mol. The Hall–Kier alpha value is -3.52. The standard InChI is InChI=1S/C28H31ClF3N5O3/c1-35(27(39)40-14-2-11-28(30,31)32)24-18-37(17-23(24)20-4-6-22(29)7-5-20)26(38)21-9-12-36(13-10-21)25-8-3-19(15-33)16-34-25/h3-8,16,21,23-24H,2,9-14,17-18H2,1H3/t23-,24+/m1/s1. The van der Waals surface area contributed by atoms with Gasteiger partial charge in [0.2, 0.25) is 5.91 Å². The Bertz CT molecular complexity index is 1210. The molecule has 40 heavy (non-hydrogen) atoms.